The van der Waals surface area contributed by atoms with Crippen LogP contribution in [0, 0.1) is 0 Å². The molecular weight excluding hydrogens is 244 g/mol. The monoisotopic (exact) mass is 262 g/mol. The number of nitrogens with one attached hydrogen (secondary N) is 1. The van der Waals surface area contributed by atoms with E-state index in [0.29, 0.717) is 0 Å². The Hall–Kier alpha value is -1.36. The van der Waals surface area contributed by atoms with Crippen molar-refractivity contribution in [1.29, 1.82) is 0 Å². The molecule has 1 aromatic carbocycles. The summed E-state index contributed by atoms with van der Waals surface area (Å²) in [6.07, 6.45) is 4.67. The van der Waals surface area contributed by atoms with Crippen molar-refractivity contribution in [3.05, 3.63) is 18.2 Å². The van der Waals surface area contributed by atoms with Crippen molar-refractivity contribution in [2.75, 3.05) is 30.0 Å². The Bertz CT molecular complexity index is 543. The Labute approximate surface area is 111 Å². The number of nitrogens with two attached hydrogens (primary N) is 1. The third-order valence-corrected chi connectivity index (χ3v) is 4.71. The molecule has 1 fully saturated rings. The zero-order chi connectivity index (χ0) is 12.5. The Morgan fingerprint density at radius 1 is 1.39 bits per heavy atom. The summed E-state index contributed by atoms with van der Waals surface area (Å²) in [5, 5.41) is 0.807. The first kappa shape index (κ1) is 11.7. The molecule has 0 amide bonds. The number of nitrogens with zero attached hydrogens (tertiary/aromatic N) is 2. The first-order valence-corrected chi connectivity index (χ1v) is 7.58. The van der Waals surface area contributed by atoms with Gasteiger partial charge in [-0.05, 0) is 37.3 Å². The molecule has 18 heavy (non-hydrogen) atoms. The average Bonchev–Trinajstić information content (AvgIpc) is 2.81. The second kappa shape index (κ2) is 4.72. The van der Waals surface area contributed by atoms with Gasteiger partial charge in [-0.2, -0.15) is 11.8 Å². The zero-order valence-electron chi connectivity index (χ0n) is 10.5. The largest absolute Gasteiger partial charge is 0.399 e. The van der Waals surface area contributed by atoms with Gasteiger partial charge < -0.3 is 15.6 Å². The van der Waals surface area contributed by atoms with Crippen molar-refractivity contribution in [3.8, 4) is 0 Å². The van der Waals surface area contributed by atoms with Gasteiger partial charge >= 0.3 is 0 Å². The van der Waals surface area contributed by atoms with Crippen LogP contribution in [-0.2, 0) is 0 Å². The van der Waals surface area contributed by atoms with Crippen molar-refractivity contribution in [1.82, 2.24) is 9.97 Å². The maximum Gasteiger partial charge on any atom is 0.203 e. The zero-order valence-corrected chi connectivity index (χ0v) is 11.3. The van der Waals surface area contributed by atoms with Crippen molar-refractivity contribution < 1.29 is 0 Å². The predicted molar refractivity (Wildman–Crippen MR) is 79.3 cm³/mol. The van der Waals surface area contributed by atoms with E-state index in [-0.39, 0.29) is 0 Å². The highest BCUT2D eigenvalue weighted by Gasteiger charge is 2.20. The number of aromatic nitrogens is 2. The molecule has 1 saturated heterocycles. The molecule has 0 atom stereocenters. The molecule has 0 unspecified atom stereocenters. The summed E-state index contributed by atoms with van der Waals surface area (Å²) in [7, 11) is 0. The topological polar surface area (TPSA) is 57.9 Å². The van der Waals surface area contributed by atoms with Crippen LogP contribution in [0.5, 0.6) is 0 Å². The summed E-state index contributed by atoms with van der Waals surface area (Å²) >= 11 is 1.98. The molecule has 0 spiro atoms. The van der Waals surface area contributed by atoms with E-state index in [1.54, 1.807) is 0 Å². The molecular formula is C13H18N4S. The van der Waals surface area contributed by atoms with E-state index in [4.69, 9.17) is 5.73 Å². The second-order valence-electron chi connectivity index (χ2n) is 4.76. The Kier molecular flexibility index (Phi) is 3.07. The van der Waals surface area contributed by atoms with E-state index in [9.17, 15) is 0 Å². The van der Waals surface area contributed by atoms with Crippen molar-refractivity contribution in [2.24, 2.45) is 0 Å². The van der Waals surface area contributed by atoms with Crippen LogP contribution in [-0.4, -0.2) is 34.6 Å². The standard InChI is InChI=1S/C13H18N4S/c1-18-10-4-6-17(7-5-10)13-15-11-3-2-9(14)8-12(11)16-13/h2-3,8,10H,4-7,14H2,1H3,(H,15,16). The smallest absolute Gasteiger partial charge is 0.203 e. The Morgan fingerprint density at radius 3 is 2.89 bits per heavy atom. The molecule has 0 saturated carbocycles. The molecule has 4 nitrogen and oxygen atoms in total. The number of nitrogen functional groups attached to an aromatic ring is 1. The SMILES string of the molecule is CSC1CCN(c2nc3ccc(N)cc3[nH]2)CC1. The van der Waals surface area contributed by atoms with Gasteiger partial charge in [0.2, 0.25) is 5.95 Å². The lowest BCUT2D eigenvalue weighted by Gasteiger charge is -2.30. The van der Waals surface area contributed by atoms with Crippen LogP contribution in [0.3, 0.4) is 0 Å². The number of aromatic amines is 1. The molecule has 1 aromatic heterocycles. The van der Waals surface area contributed by atoms with Gasteiger partial charge in [0.25, 0.3) is 0 Å². The highest BCUT2D eigenvalue weighted by atomic mass is 32.2. The Balaban J connectivity index is 1.82. The molecule has 2 aromatic rings. The summed E-state index contributed by atoms with van der Waals surface area (Å²) in [6, 6.07) is 5.81. The molecule has 0 aliphatic carbocycles. The predicted octanol–water partition coefficient (Wildman–Crippen LogP) is 2.48. The number of anilines is 2. The van der Waals surface area contributed by atoms with E-state index in [2.05, 4.69) is 21.1 Å². The molecule has 3 N–H and O–H groups in total. The number of fused-ring (bicyclic) bond motifs is 1. The second-order valence-corrected chi connectivity index (χ2v) is 5.90. The van der Waals surface area contributed by atoms with Crippen molar-refractivity contribution in [3.63, 3.8) is 0 Å². The van der Waals surface area contributed by atoms with Crippen molar-refractivity contribution in [2.45, 2.75) is 18.1 Å². The van der Waals surface area contributed by atoms with E-state index >= 15 is 0 Å². The van der Waals surface area contributed by atoms with Gasteiger partial charge in [-0.25, -0.2) is 4.98 Å². The maximum absolute atomic E-state index is 5.78. The summed E-state index contributed by atoms with van der Waals surface area (Å²) in [5.74, 6) is 0.982. The van der Waals surface area contributed by atoms with Gasteiger partial charge in [-0.15, -0.1) is 0 Å². The van der Waals surface area contributed by atoms with Gasteiger partial charge in [0, 0.05) is 24.0 Å². The fourth-order valence-electron chi connectivity index (χ4n) is 2.47. The van der Waals surface area contributed by atoms with Crippen LogP contribution in [0.25, 0.3) is 11.0 Å². The van der Waals surface area contributed by atoms with E-state index in [0.717, 1.165) is 41.0 Å². The fourth-order valence-corrected chi connectivity index (χ4v) is 3.15. The van der Waals surface area contributed by atoms with E-state index < -0.39 is 0 Å². The van der Waals surface area contributed by atoms with Gasteiger partial charge in [0.1, 0.15) is 0 Å². The molecule has 3 rings (SSSR count). The molecule has 0 bridgehead atoms. The van der Waals surface area contributed by atoms with Gasteiger partial charge in [0.05, 0.1) is 11.0 Å². The minimum Gasteiger partial charge on any atom is -0.399 e. The highest BCUT2D eigenvalue weighted by Crippen LogP contribution is 2.25. The lowest BCUT2D eigenvalue weighted by Crippen LogP contribution is -2.35. The number of hydrogen-bond acceptors (Lipinski definition) is 4. The maximum atomic E-state index is 5.78. The molecule has 1 aliphatic heterocycles. The highest BCUT2D eigenvalue weighted by molar-refractivity contribution is 7.99. The van der Waals surface area contributed by atoms with Gasteiger partial charge in [-0.1, -0.05) is 0 Å². The Morgan fingerprint density at radius 2 is 2.17 bits per heavy atom. The lowest BCUT2D eigenvalue weighted by molar-refractivity contribution is 0.583. The summed E-state index contributed by atoms with van der Waals surface area (Å²) in [5.41, 5.74) is 8.58. The van der Waals surface area contributed by atoms with Crippen LogP contribution in [0.4, 0.5) is 11.6 Å². The molecule has 1 aliphatic rings. The quantitative estimate of drug-likeness (QED) is 0.816. The number of benzene rings is 1. The van der Waals surface area contributed by atoms with Crippen LogP contribution in [0.1, 0.15) is 12.8 Å². The van der Waals surface area contributed by atoms with E-state index in [1.165, 1.54) is 12.8 Å². The van der Waals surface area contributed by atoms with Gasteiger partial charge in [0.15, 0.2) is 0 Å². The third kappa shape index (κ3) is 2.14. The number of H-pyrrole nitrogens is 1. The number of imidazole rings is 1. The van der Waals surface area contributed by atoms with Crippen LogP contribution in [0.2, 0.25) is 0 Å². The molecule has 0 radical (unpaired) electrons. The van der Waals surface area contributed by atoms with Gasteiger partial charge in [-0.3, -0.25) is 0 Å². The number of rotatable bonds is 2. The average molecular weight is 262 g/mol. The summed E-state index contributed by atoms with van der Waals surface area (Å²) in [4.78, 5) is 10.3. The minimum atomic E-state index is 0.777. The normalized spacial score (nSPS) is 17.5. The first-order chi connectivity index (χ1) is 8.76. The molecule has 5 heteroatoms. The molecule has 2 heterocycles. The van der Waals surface area contributed by atoms with Crippen molar-refractivity contribution >= 4 is 34.4 Å². The number of thioether (sulfide) groups is 1. The minimum absolute atomic E-state index is 0.777. The van der Waals surface area contributed by atoms with E-state index in [1.807, 2.05) is 30.0 Å². The summed E-state index contributed by atoms with van der Waals surface area (Å²) < 4.78 is 0. The number of piperidine rings is 1. The molecule has 96 valence electrons. The first-order valence-electron chi connectivity index (χ1n) is 6.29. The summed E-state index contributed by atoms with van der Waals surface area (Å²) in [6.45, 7) is 2.17. The lowest BCUT2D eigenvalue weighted by atomic mass is 10.1. The van der Waals surface area contributed by atoms with Crippen LogP contribution >= 0.6 is 11.8 Å². The van der Waals surface area contributed by atoms with Crippen LogP contribution in [0.15, 0.2) is 18.2 Å². The van der Waals surface area contributed by atoms with Crippen LogP contribution < -0.4 is 10.6 Å². The third-order valence-electron chi connectivity index (χ3n) is 3.57. The fraction of sp³-hybridized carbons (Fsp3) is 0.462. The number of hydrogen-bond donors (Lipinski definition) is 2.